The van der Waals surface area contributed by atoms with E-state index in [0.29, 0.717) is 25.7 Å². The third-order valence-corrected chi connectivity index (χ3v) is 9.50. The molecule has 13 atom stereocenters. The van der Waals surface area contributed by atoms with Crippen LogP contribution < -0.4 is 0 Å². The van der Waals surface area contributed by atoms with Crippen molar-refractivity contribution in [1.82, 2.24) is 0 Å². The van der Waals surface area contributed by atoms with Crippen LogP contribution in [0.5, 0.6) is 0 Å². The summed E-state index contributed by atoms with van der Waals surface area (Å²) in [6, 6.07) is 0. The minimum absolute atomic E-state index is 0.246. The fourth-order valence-corrected chi connectivity index (χ4v) is 6.38. The van der Waals surface area contributed by atoms with Crippen LogP contribution in [-0.2, 0) is 42.8 Å². The van der Waals surface area contributed by atoms with Gasteiger partial charge in [0.15, 0.2) is 24.8 Å². The smallest absolute Gasteiger partial charge is 0.332 e. The van der Waals surface area contributed by atoms with Crippen molar-refractivity contribution in [1.29, 1.82) is 0 Å². The molecule has 2 aliphatic rings. The van der Waals surface area contributed by atoms with Gasteiger partial charge in [0.05, 0.1) is 31.8 Å². The molecule has 2 fully saturated rings. The quantitative estimate of drug-likeness (QED) is 0.0385. The van der Waals surface area contributed by atoms with E-state index in [4.69, 9.17) is 33.5 Å². The maximum absolute atomic E-state index is 12.5. The Morgan fingerprint density at radius 2 is 1.26 bits per heavy atom. The van der Waals surface area contributed by atoms with Crippen molar-refractivity contribution in [2.45, 2.75) is 190 Å². The maximum Gasteiger partial charge on any atom is 0.332 e. The number of esters is 2. The van der Waals surface area contributed by atoms with Gasteiger partial charge in [0.2, 0.25) is 0 Å². The molecule has 0 aromatic carbocycles. The normalized spacial score (nSPS) is 30.3. The maximum atomic E-state index is 12.5. The number of carboxylic acids is 1. The van der Waals surface area contributed by atoms with Crippen molar-refractivity contribution in [3.05, 3.63) is 0 Å². The molecule has 18 heteroatoms. The van der Waals surface area contributed by atoms with Crippen molar-refractivity contribution in [2.24, 2.45) is 0 Å². The molecule has 0 radical (unpaired) electrons. The van der Waals surface area contributed by atoms with E-state index in [9.17, 15) is 55.2 Å². The van der Waals surface area contributed by atoms with Gasteiger partial charge in [-0.3, -0.25) is 9.59 Å². The Bertz CT molecular complexity index is 1060. The average Bonchev–Trinajstić information content (AvgIpc) is 3.12. The highest BCUT2D eigenvalue weighted by Gasteiger charge is 2.52. The lowest BCUT2D eigenvalue weighted by Crippen LogP contribution is -2.65. The number of carbonyl (C=O) groups is 3. The number of ether oxygens (including phenoxy) is 6. The minimum atomic E-state index is -1.87. The number of carboxylic acid groups (broad SMARTS) is 1. The molecule has 54 heavy (non-hydrogen) atoms. The molecule has 0 aromatic rings. The lowest BCUT2D eigenvalue weighted by Gasteiger charge is -2.46. The first-order chi connectivity index (χ1) is 25.7. The van der Waals surface area contributed by atoms with Gasteiger partial charge in [-0.2, -0.15) is 0 Å². The topological polar surface area (TPSA) is 289 Å². The molecule has 0 aromatic heterocycles. The number of aliphatic carboxylic acids is 1. The zero-order valence-corrected chi connectivity index (χ0v) is 31.4. The highest BCUT2D eigenvalue weighted by Crippen LogP contribution is 2.31. The second-order valence-electron chi connectivity index (χ2n) is 14.2. The Morgan fingerprint density at radius 3 is 1.81 bits per heavy atom. The first-order valence-corrected chi connectivity index (χ1v) is 19.2. The van der Waals surface area contributed by atoms with E-state index in [0.717, 1.165) is 64.7 Å². The van der Waals surface area contributed by atoms with Crippen molar-refractivity contribution in [2.75, 3.05) is 19.8 Å². The van der Waals surface area contributed by atoms with Crippen molar-refractivity contribution in [3.8, 4) is 0 Å². The van der Waals surface area contributed by atoms with Gasteiger partial charge in [0.25, 0.3) is 0 Å². The fraction of sp³-hybridized carbons (Fsp3) is 0.917. The van der Waals surface area contributed by atoms with Crippen LogP contribution in [0.15, 0.2) is 0 Å². The number of hydrogen-bond acceptors (Lipinski definition) is 17. The van der Waals surface area contributed by atoms with Gasteiger partial charge in [-0.25, -0.2) is 4.79 Å². The second-order valence-corrected chi connectivity index (χ2v) is 14.2. The van der Waals surface area contributed by atoms with E-state index in [1.165, 1.54) is 0 Å². The van der Waals surface area contributed by atoms with E-state index in [1.807, 2.05) is 6.92 Å². The molecular weight excluding hydrogens is 720 g/mol. The van der Waals surface area contributed by atoms with Gasteiger partial charge < -0.3 is 74.4 Å². The lowest BCUT2D eigenvalue weighted by atomic mass is 9.96. The third kappa shape index (κ3) is 17.0. The number of carbonyl (C=O) groups excluding carboxylic acids is 2. The summed E-state index contributed by atoms with van der Waals surface area (Å²) in [5.41, 5.74) is 0. The first kappa shape index (κ1) is 48.1. The SMILES string of the molecule is CCCC(O)CC(=O)OC1C(O)C(CO)OC(OC2C(COC(C)=O)OC(OCC(O)CCCCCCCCCCCCC(O)C(=O)O)C(O)C2O)C1O. The highest BCUT2D eigenvalue weighted by molar-refractivity contribution is 5.71. The number of unbranched alkanes of at least 4 members (excludes halogenated alkanes) is 9. The minimum Gasteiger partial charge on any atom is -0.479 e. The van der Waals surface area contributed by atoms with Crippen LogP contribution in [0.3, 0.4) is 0 Å². The average molecular weight is 785 g/mol. The number of aliphatic hydroxyl groups is 8. The van der Waals surface area contributed by atoms with Crippen LogP contribution in [0, 0.1) is 0 Å². The van der Waals surface area contributed by atoms with Gasteiger partial charge in [0, 0.05) is 6.92 Å². The predicted octanol–water partition coefficient (Wildman–Crippen LogP) is -0.212. The summed E-state index contributed by atoms with van der Waals surface area (Å²) in [5, 5.41) is 91.9. The van der Waals surface area contributed by atoms with Gasteiger partial charge in [-0.1, -0.05) is 77.6 Å². The fourth-order valence-electron chi connectivity index (χ4n) is 6.38. The summed E-state index contributed by atoms with van der Waals surface area (Å²) < 4.78 is 33.0. The molecule has 0 bridgehead atoms. The van der Waals surface area contributed by atoms with Crippen molar-refractivity contribution < 1.29 is 88.8 Å². The summed E-state index contributed by atoms with van der Waals surface area (Å²) in [6.07, 6.45) is -8.94. The van der Waals surface area contributed by atoms with Crippen molar-refractivity contribution >= 4 is 17.9 Å². The molecule has 0 saturated carbocycles. The van der Waals surface area contributed by atoms with Crippen LogP contribution in [0.2, 0.25) is 0 Å². The molecule has 0 aliphatic carbocycles. The van der Waals surface area contributed by atoms with E-state index in [2.05, 4.69) is 0 Å². The number of aliphatic hydroxyl groups excluding tert-OH is 8. The van der Waals surface area contributed by atoms with E-state index in [-0.39, 0.29) is 13.0 Å². The summed E-state index contributed by atoms with van der Waals surface area (Å²) in [5.74, 6) is -2.82. The highest BCUT2D eigenvalue weighted by atomic mass is 16.7. The van der Waals surface area contributed by atoms with E-state index >= 15 is 0 Å². The third-order valence-electron chi connectivity index (χ3n) is 9.50. The van der Waals surface area contributed by atoms with Crippen molar-refractivity contribution in [3.63, 3.8) is 0 Å². The summed E-state index contributed by atoms with van der Waals surface area (Å²) in [6.45, 7) is 1.42. The first-order valence-electron chi connectivity index (χ1n) is 19.2. The summed E-state index contributed by atoms with van der Waals surface area (Å²) >= 11 is 0. The van der Waals surface area contributed by atoms with Crippen LogP contribution >= 0.6 is 0 Å². The molecule has 0 spiro atoms. The monoisotopic (exact) mass is 784 g/mol. The summed E-state index contributed by atoms with van der Waals surface area (Å²) in [7, 11) is 0. The molecule has 2 rings (SSSR count). The van der Waals surface area contributed by atoms with Crippen LogP contribution in [0.4, 0.5) is 0 Å². The van der Waals surface area contributed by atoms with Gasteiger partial charge in [-0.05, 0) is 19.3 Å². The Balaban J connectivity index is 1.85. The van der Waals surface area contributed by atoms with Gasteiger partial charge >= 0.3 is 17.9 Å². The van der Waals surface area contributed by atoms with Crippen LogP contribution in [-0.4, -0.2) is 163 Å². The largest absolute Gasteiger partial charge is 0.479 e. The van der Waals surface area contributed by atoms with E-state index in [1.54, 1.807) is 0 Å². The Kier molecular flexibility index (Phi) is 23.1. The Morgan fingerprint density at radius 1 is 0.685 bits per heavy atom. The van der Waals surface area contributed by atoms with Gasteiger partial charge in [-0.15, -0.1) is 0 Å². The number of rotatable bonds is 27. The molecule has 2 aliphatic heterocycles. The van der Waals surface area contributed by atoms with Crippen LogP contribution in [0.25, 0.3) is 0 Å². The molecule has 2 heterocycles. The molecule has 18 nitrogen and oxygen atoms in total. The Hall–Kier alpha value is -2.07. The molecular formula is C36H64O18. The standard InChI is InChI=1S/C36H64O18/c1-3-14-22(39)17-27(42)53-33-28(43)25(18-37)51-36(31(33)46)54-32-26(20-49-21(2)38)52-35(30(45)29(32)44)50-19-23(40)15-12-10-8-6-4-5-7-9-11-13-16-24(41)34(47)48/h22-26,28-33,35-37,39-41,43-46H,3-20H2,1-2H3,(H,47,48). The summed E-state index contributed by atoms with van der Waals surface area (Å²) in [4.78, 5) is 34.7. The lowest BCUT2D eigenvalue weighted by molar-refractivity contribution is -0.360. The molecule has 0 amide bonds. The zero-order chi connectivity index (χ0) is 40.2. The predicted molar refractivity (Wildman–Crippen MR) is 186 cm³/mol. The van der Waals surface area contributed by atoms with Crippen LogP contribution in [0.1, 0.15) is 110 Å². The second kappa shape index (κ2) is 26.0. The van der Waals surface area contributed by atoms with E-state index < -0.39 is 117 Å². The zero-order valence-electron chi connectivity index (χ0n) is 31.4. The Labute approximate surface area is 316 Å². The molecule has 9 N–H and O–H groups in total. The molecule has 316 valence electrons. The van der Waals surface area contributed by atoms with Gasteiger partial charge in [0.1, 0.15) is 49.3 Å². The molecule has 2 saturated heterocycles. The number of hydrogen-bond donors (Lipinski definition) is 9. The molecule has 13 unspecified atom stereocenters.